The summed E-state index contributed by atoms with van der Waals surface area (Å²) in [7, 11) is 0. The van der Waals surface area contributed by atoms with Crippen molar-refractivity contribution < 1.29 is 19.2 Å². The molecule has 0 radical (unpaired) electrons. The molecule has 0 saturated heterocycles. The van der Waals surface area contributed by atoms with E-state index in [9.17, 15) is 14.9 Å². The minimum absolute atomic E-state index is 0.0805. The molecule has 7 heteroatoms. The average molecular weight is 477 g/mol. The Morgan fingerprint density at radius 3 is 2.06 bits per heavy atom. The second-order valence-corrected chi connectivity index (χ2v) is 9.10. The lowest BCUT2D eigenvalue weighted by atomic mass is 10.0. The van der Waals surface area contributed by atoms with Crippen molar-refractivity contribution in [3.63, 3.8) is 0 Å². The molecule has 1 amide bonds. The summed E-state index contributed by atoms with van der Waals surface area (Å²) in [6, 6.07) is 19.9. The number of nitro benzene ring substituents is 1. The zero-order valence-corrected chi connectivity index (χ0v) is 20.9. The number of rotatable bonds is 8. The summed E-state index contributed by atoms with van der Waals surface area (Å²) >= 11 is 0. The molecule has 0 spiro atoms. The van der Waals surface area contributed by atoms with Gasteiger partial charge in [-0.05, 0) is 62.4 Å². The third kappa shape index (κ3) is 6.18. The summed E-state index contributed by atoms with van der Waals surface area (Å²) in [4.78, 5) is 26.8. The molecule has 35 heavy (non-hydrogen) atoms. The van der Waals surface area contributed by atoms with Gasteiger partial charge in [-0.15, -0.1) is 0 Å². The third-order valence-electron chi connectivity index (χ3n) is 5.40. The molecular formula is C28H32N2O5. The highest BCUT2D eigenvalue weighted by Crippen LogP contribution is 2.43. The number of hydrogen-bond acceptors (Lipinski definition) is 5. The van der Waals surface area contributed by atoms with Crippen LogP contribution in [0.5, 0.6) is 5.75 Å². The molecule has 3 aromatic rings. The van der Waals surface area contributed by atoms with Gasteiger partial charge < -0.3 is 9.47 Å². The van der Waals surface area contributed by atoms with E-state index in [4.69, 9.17) is 9.47 Å². The Balaban J connectivity index is 2.20. The fourth-order valence-corrected chi connectivity index (χ4v) is 3.85. The Morgan fingerprint density at radius 2 is 1.51 bits per heavy atom. The zero-order valence-electron chi connectivity index (χ0n) is 20.9. The van der Waals surface area contributed by atoms with Gasteiger partial charge in [0.05, 0.1) is 10.6 Å². The normalized spacial score (nSPS) is 11.1. The fourth-order valence-electron chi connectivity index (χ4n) is 3.85. The maximum atomic E-state index is 13.6. The first kappa shape index (κ1) is 25.7. The number of nitro groups is 1. The average Bonchev–Trinajstić information content (AvgIpc) is 2.82. The van der Waals surface area contributed by atoms with Gasteiger partial charge in [0.15, 0.2) is 5.75 Å². The van der Waals surface area contributed by atoms with Crippen LogP contribution in [-0.4, -0.2) is 16.6 Å². The number of ether oxygens (including phenoxy) is 2. The maximum absolute atomic E-state index is 13.6. The highest BCUT2D eigenvalue weighted by atomic mass is 16.6. The van der Waals surface area contributed by atoms with E-state index in [1.807, 2.05) is 62.4 Å². The van der Waals surface area contributed by atoms with Crippen molar-refractivity contribution in [3.8, 4) is 5.75 Å². The Kier molecular flexibility index (Phi) is 8.12. The number of hydrogen-bond donors (Lipinski definition) is 0. The fraction of sp³-hybridized carbons (Fsp3) is 0.321. The van der Waals surface area contributed by atoms with Gasteiger partial charge in [-0.2, -0.15) is 0 Å². The molecule has 7 nitrogen and oxygen atoms in total. The van der Waals surface area contributed by atoms with Crippen LogP contribution >= 0.6 is 0 Å². The first-order chi connectivity index (χ1) is 16.7. The Labute approximate surface area is 206 Å². The lowest BCUT2D eigenvalue weighted by Crippen LogP contribution is -2.35. The lowest BCUT2D eigenvalue weighted by molar-refractivity contribution is -0.385. The Morgan fingerprint density at radius 1 is 0.914 bits per heavy atom. The first-order valence-corrected chi connectivity index (χ1v) is 11.7. The maximum Gasteiger partial charge on any atom is 0.419 e. The summed E-state index contributed by atoms with van der Waals surface area (Å²) in [6.07, 6.45) is 0.595. The number of carbonyl (C=O) groups is 1. The van der Waals surface area contributed by atoms with Crippen LogP contribution in [0.2, 0.25) is 0 Å². The molecule has 0 aliphatic carbocycles. The van der Waals surface area contributed by atoms with Crippen molar-refractivity contribution in [2.45, 2.75) is 59.7 Å². The van der Waals surface area contributed by atoms with Crippen molar-refractivity contribution in [2.24, 2.45) is 0 Å². The predicted molar refractivity (Wildman–Crippen MR) is 137 cm³/mol. The second kappa shape index (κ2) is 11.0. The predicted octanol–water partition coefficient (Wildman–Crippen LogP) is 7.37. The number of carbonyl (C=O) groups excluding carboxylic acids is 1. The van der Waals surface area contributed by atoms with Crippen LogP contribution in [0.3, 0.4) is 0 Å². The van der Waals surface area contributed by atoms with Crippen molar-refractivity contribution >= 4 is 23.2 Å². The topological polar surface area (TPSA) is 81.9 Å². The third-order valence-corrected chi connectivity index (χ3v) is 5.40. The number of anilines is 2. The summed E-state index contributed by atoms with van der Waals surface area (Å²) in [5.74, 6) is 0.0805. The molecule has 0 aliphatic heterocycles. The van der Waals surface area contributed by atoms with E-state index >= 15 is 0 Å². The van der Waals surface area contributed by atoms with Crippen molar-refractivity contribution in [1.29, 1.82) is 0 Å². The molecule has 0 saturated carbocycles. The van der Waals surface area contributed by atoms with Gasteiger partial charge in [-0.3, -0.25) is 10.1 Å². The molecule has 3 aromatic carbocycles. The number of amides is 1. The van der Waals surface area contributed by atoms with Crippen molar-refractivity contribution in [3.05, 3.63) is 93.5 Å². The molecule has 0 fully saturated rings. The molecule has 3 rings (SSSR count). The highest BCUT2D eigenvalue weighted by Gasteiger charge is 2.34. The van der Waals surface area contributed by atoms with Crippen LogP contribution in [-0.2, 0) is 24.2 Å². The van der Waals surface area contributed by atoms with Crippen LogP contribution in [0.25, 0.3) is 0 Å². The summed E-state index contributed by atoms with van der Waals surface area (Å²) in [6.45, 7) is 9.43. The Bertz CT molecular complexity index is 1160. The van der Waals surface area contributed by atoms with Crippen LogP contribution in [0, 0.1) is 10.1 Å². The molecule has 0 aliphatic rings. The van der Waals surface area contributed by atoms with Gasteiger partial charge in [0, 0.05) is 0 Å². The van der Waals surface area contributed by atoms with E-state index in [1.54, 1.807) is 39.0 Å². The van der Waals surface area contributed by atoms with Crippen molar-refractivity contribution in [2.75, 3.05) is 4.90 Å². The Hall–Kier alpha value is -3.87. The smallest absolute Gasteiger partial charge is 0.419 e. The SMILES string of the molecule is CCc1cccc(CC)c1N(C(=O)OC(C)(C)C)c1cccc(OCc2ccccc2)c1[N+](=O)[O-]. The van der Waals surface area contributed by atoms with E-state index in [-0.39, 0.29) is 23.7 Å². The highest BCUT2D eigenvalue weighted by molar-refractivity contribution is 6.01. The molecular weight excluding hydrogens is 444 g/mol. The van der Waals surface area contributed by atoms with Crippen molar-refractivity contribution in [1.82, 2.24) is 0 Å². The first-order valence-electron chi connectivity index (χ1n) is 11.7. The largest absolute Gasteiger partial charge is 0.482 e. The van der Waals surface area contributed by atoms with E-state index in [0.717, 1.165) is 16.7 Å². The molecule has 0 N–H and O–H groups in total. The number of benzene rings is 3. The summed E-state index contributed by atoms with van der Waals surface area (Å²) in [5, 5.41) is 12.4. The van der Waals surface area contributed by atoms with Crippen LogP contribution < -0.4 is 9.64 Å². The van der Waals surface area contributed by atoms with Gasteiger partial charge in [0.1, 0.15) is 17.9 Å². The van der Waals surface area contributed by atoms with Crippen LogP contribution in [0.4, 0.5) is 21.9 Å². The second-order valence-electron chi connectivity index (χ2n) is 9.10. The van der Waals surface area contributed by atoms with E-state index in [2.05, 4.69) is 0 Å². The molecule has 0 atom stereocenters. The lowest BCUT2D eigenvalue weighted by Gasteiger charge is -2.30. The van der Waals surface area contributed by atoms with Gasteiger partial charge in [-0.1, -0.05) is 68.4 Å². The van der Waals surface area contributed by atoms with Gasteiger partial charge >= 0.3 is 11.8 Å². The minimum Gasteiger partial charge on any atom is -0.482 e. The number of para-hydroxylation sites is 2. The number of aryl methyl sites for hydroxylation is 2. The van der Waals surface area contributed by atoms with Crippen LogP contribution in [0.1, 0.15) is 51.3 Å². The molecule has 0 heterocycles. The standard InChI is InChI=1S/C28H32N2O5/c1-6-21-15-11-16-22(7-2)25(21)29(27(31)35-28(3,4)5)23-17-12-18-24(26(23)30(32)33)34-19-20-13-9-8-10-14-20/h8-18H,6-7,19H2,1-5H3. The van der Waals surface area contributed by atoms with Gasteiger partial charge in [0.25, 0.3) is 0 Å². The molecule has 184 valence electrons. The monoisotopic (exact) mass is 476 g/mol. The van der Waals surface area contributed by atoms with E-state index in [0.29, 0.717) is 18.5 Å². The molecule has 0 bridgehead atoms. The quantitative estimate of drug-likeness (QED) is 0.250. The van der Waals surface area contributed by atoms with Gasteiger partial charge in [-0.25, -0.2) is 9.69 Å². The van der Waals surface area contributed by atoms with E-state index in [1.165, 1.54) is 4.90 Å². The van der Waals surface area contributed by atoms with E-state index < -0.39 is 16.6 Å². The van der Waals surface area contributed by atoms with Crippen LogP contribution in [0.15, 0.2) is 66.7 Å². The number of nitrogens with zero attached hydrogens (tertiary/aromatic N) is 2. The zero-order chi connectivity index (χ0) is 25.6. The molecule has 0 unspecified atom stereocenters. The summed E-state index contributed by atoms with van der Waals surface area (Å²) in [5.41, 5.74) is 2.28. The summed E-state index contributed by atoms with van der Waals surface area (Å²) < 4.78 is 11.6. The molecule has 0 aromatic heterocycles. The van der Waals surface area contributed by atoms with Gasteiger partial charge in [0.2, 0.25) is 0 Å². The minimum atomic E-state index is -0.793.